The fraction of sp³-hybridized carbons (Fsp3) is 0.235. The zero-order chi connectivity index (χ0) is 14.6. The molecule has 2 aromatic carbocycles. The van der Waals surface area contributed by atoms with Crippen molar-refractivity contribution >= 4 is 27.6 Å². The lowest BCUT2D eigenvalue weighted by molar-refractivity contribution is 0.0973. The molecule has 1 aliphatic rings. The normalized spacial score (nSPS) is 13.9. The quantitative estimate of drug-likeness (QED) is 0.723. The zero-order valence-electron chi connectivity index (χ0n) is 12.0. The second-order valence-corrected chi connectivity index (χ2v) is 5.28. The van der Waals surface area contributed by atoms with Crippen molar-refractivity contribution in [1.29, 1.82) is 0 Å². The van der Waals surface area contributed by atoms with Crippen LogP contribution in [0.5, 0.6) is 11.5 Å². The van der Waals surface area contributed by atoms with E-state index in [0.717, 1.165) is 45.4 Å². The largest absolute Gasteiger partial charge is 0.497 e. The van der Waals surface area contributed by atoms with Crippen molar-refractivity contribution in [2.45, 2.75) is 13.0 Å². The summed E-state index contributed by atoms with van der Waals surface area (Å²) in [5.41, 5.74) is 2.90. The SMILES string of the molecule is COc1ccc2c(c1)c1cc(OC)cc3c1n2CCC3=O. The maximum Gasteiger partial charge on any atom is 0.166 e. The molecule has 0 bridgehead atoms. The van der Waals surface area contributed by atoms with Gasteiger partial charge >= 0.3 is 0 Å². The summed E-state index contributed by atoms with van der Waals surface area (Å²) < 4.78 is 12.9. The van der Waals surface area contributed by atoms with Gasteiger partial charge in [-0.25, -0.2) is 0 Å². The second kappa shape index (κ2) is 4.25. The van der Waals surface area contributed by atoms with Crippen LogP contribution in [0.2, 0.25) is 0 Å². The highest BCUT2D eigenvalue weighted by Crippen LogP contribution is 2.38. The van der Waals surface area contributed by atoms with Gasteiger partial charge in [-0.1, -0.05) is 0 Å². The number of carbonyl (C=O) groups is 1. The third kappa shape index (κ3) is 1.59. The van der Waals surface area contributed by atoms with Crippen molar-refractivity contribution in [3.8, 4) is 11.5 Å². The van der Waals surface area contributed by atoms with Crippen LogP contribution in [0.25, 0.3) is 21.8 Å². The Morgan fingerprint density at radius 3 is 2.52 bits per heavy atom. The van der Waals surface area contributed by atoms with E-state index < -0.39 is 0 Å². The molecule has 0 radical (unpaired) electrons. The Bertz CT molecular complexity index is 892. The monoisotopic (exact) mass is 281 g/mol. The number of hydrogen-bond acceptors (Lipinski definition) is 3. The predicted octanol–water partition coefficient (Wildman–Crippen LogP) is 3.40. The fourth-order valence-corrected chi connectivity index (χ4v) is 3.23. The molecule has 106 valence electrons. The standard InChI is InChI=1S/C17H15NO3/c1-20-10-3-4-15-12(7-10)13-8-11(21-2)9-14-16(19)5-6-18(15)17(13)14/h3-4,7-9H,5-6H2,1-2H3. The lowest BCUT2D eigenvalue weighted by Crippen LogP contribution is -2.14. The molecule has 0 saturated heterocycles. The summed E-state index contributed by atoms with van der Waals surface area (Å²) in [6, 6.07) is 9.87. The van der Waals surface area contributed by atoms with Gasteiger partial charge in [-0.15, -0.1) is 0 Å². The number of fused-ring (bicyclic) bond motifs is 3. The van der Waals surface area contributed by atoms with Gasteiger partial charge in [-0.05, 0) is 30.3 Å². The third-order valence-corrected chi connectivity index (χ3v) is 4.24. The topological polar surface area (TPSA) is 40.5 Å². The van der Waals surface area contributed by atoms with Crippen LogP contribution in [0.1, 0.15) is 16.8 Å². The highest BCUT2D eigenvalue weighted by atomic mass is 16.5. The highest BCUT2D eigenvalue weighted by Gasteiger charge is 2.24. The lowest BCUT2D eigenvalue weighted by atomic mass is 10.0. The Balaban J connectivity index is 2.21. The number of aryl methyl sites for hydroxylation is 1. The molecule has 0 fully saturated rings. The molecule has 0 spiro atoms. The molecule has 0 amide bonds. The van der Waals surface area contributed by atoms with E-state index in [-0.39, 0.29) is 5.78 Å². The van der Waals surface area contributed by atoms with Crippen LogP contribution in [-0.2, 0) is 6.54 Å². The second-order valence-electron chi connectivity index (χ2n) is 5.28. The average Bonchev–Trinajstić information content (AvgIpc) is 2.84. The highest BCUT2D eigenvalue weighted by molar-refractivity contribution is 6.18. The first kappa shape index (κ1) is 12.3. The van der Waals surface area contributed by atoms with Crippen molar-refractivity contribution in [2.75, 3.05) is 14.2 Å². The number of benzene rings is 2. The number of methoxy groups -OCH3 is 2. The van der Waals surface area contributed by atoms with Crippen LogP contribution >= 0.6 is 0 Å². The first-order chi connectivity index (χ1) is 10.2. The summed E-state index contributed by atoms with van der Waals surface area (Å²) >= 11 is 0. The molecule has 4 heteroatoms. The number of aromatic nitrogens is 1. The van der Waals surface area contributed by atoms with Crippen LogP contribution in [0.3, 0.4) is 0 Å². The molecule has 0 aliphatic carbocycles. The molecule has 4 rings (SSSR count). The number of carbonyl (C=O) groups excluding carboxylic acids is 1. The van der Waals surface area contributed by atoms with E-state index in [1.807, 2.05) is 24.3 Å². The van der Waals surface area contributed by atoms with Gasteiger partial charge in [-0.3, -0.25) is 4.79 Å². The van der Waals surface area contributed by atoms with E-state index in [0.29, 0.717) is 6.42 Å². The molecular weight excluding hydrogens is 266 g/mol. The van der Waals surface area contributed by atoms with Crippen LogP contribution < -0.4 is 9.47 Å². The molecule has 0 unspecified atom stereocenters. The first-order valence-electron chi connectivity index (χ1n) is 6.94. The molecule has 0 saturated carbocycles. The molecule has 21 heavy (non-hydrogen) atoms. The smallest absolute Gasteiger partial charge is 0.166 e. The van der Waals surface area contributed by atoms with E-state index in [9.17, 15) is 4.79 Å². The van der Waals surface area contributed by atoms with Gasteiger partial charge in [0.15, 0.2) is 5.78 Å². The van der Waals surface area contributed by atoms with Gasteiger partial charge in [0, 0.05) is 34.8 Å². The summed E-state index contributed by atoms with van der Waals surface area (Å²) in [5.74, 6) is 1.72. The fourth-order valence-electron chi connectivity index (χ4n) is 3.23. The molecule has 4 nitrogen and oxygen atoms in total. The van der Waals surface area contributed by atoms with Crippen LogP contribution in [-0.4, -0.2) is 24.6 Å². The van der Waals surface area contributed by atoms with E-state index in [1.165, 1.54) is 0 Å². The molecule has 1 aliphatic heterocycles. The summed E-state index contributed by atoms with van der Waals surface area (Å²) in [7, 11) is 3.29. The summed E-state index contributed by atoms with van der Waals surface area (Å²) in [6.45, 7) is 0.727. The Morgan fingerprint density at radius 1 is 1.00 bits per heavy atom. The van der Waals surface area contributed by atoms with Crippen molar-refractivity contribution in [3.05, 3.63) is 35.9 Å². The van der Waals surface area contributed by atoms with Gasteiger partial charge in [0.25, 0.3) is 0 Å². The number of Topliss-reactive ketones (excluding diaryl/α,β-unsaturated/α-hetero) is 1. The minimum Gasteiger partial charge on any atom is -0.497 e. The van der Waals surface area contributed by atoms with Crippen molar-refractivity contribution in [1.82, 2.24) is 4.57 Å². The Kier molecular flexibility index (Phi) is 2.48. The molecular formula is C17H15NO3. The van der Waals surface area contributed by atoms with Gasteiger partial charge in [0.2, 0.25) is 0 Å². The van der Waals surface area contributed by atoms with Crippen molar-refractivity contribution in [2.24, 2.45) is 0 Å². The van der Waals surface area contributed by atoms with Gasteiger partial charge in [-0.2, -0.15) is 0 Å². The van der Waals surface area contributed by atoms with E-state index >= 15 is 0 Å². The number of ketones is 1. The molecule has 1 aromatic heterocycles. The minimum absolute atomic E-state index is 0.182. The predicted molar refractivity (Wildman–Crippen MR) is 81.5 cm³/mol. The Labute approximate surface area is 121 Å². The molecule has 0 atom stereocenters. The average molecular weight is 281 g/mol. The minimum atomic E-state index is 0.182. The van der Waals surface area contributed by atoms with Gasteiger partial charge in [0.1, 0.15) is 11.5 Å². The first-order valence-corrected chi connectivity index (χ1v) is 6.94. The molecule has 3 aromatic rings. The number of hydrogen-bond donors (Lipinski definition) is 0. The summed E-state index contributed by atoms with van der Waals surface area (Å²) in [5, 5.41) is 2.14. The Morgan fingerprint density at radius 2 is 1.76 bits per heavy atom. The summed E-state index contributed by atoms with van der Waals surface area (Å²) in [4.78, 5) is 12.2. The number of ether oxygens (including phenoxy) is 2. The molecule has 2 heterocycles. The van der Waals surface area contributed by atoms with Crippen LogP contribution in [0.15, 0.2) is 30.3 Å². The number of nitrogens with zero attached hydrogens (tertiary/aromatic N) is 1. The number of rotatable bonds is 2. The maximum absolute atomic E-state index is 12.2. The van der Waals surface area contributed by atoms with E-state index in [4.69, 9.17) is 9.47 Å². The van der Waals surface area contributed by atoms with Crippen molar-refractivity contribution < 1.29 is 14.3 Å². The van der Waals surface area contributed by atoms with E-state index in [2.05, 4.69) is 10.6 Å². The lowest BCUT2D eigenvalue weighted by Gasteiger charge is -2.16. The van der Waals surface area contributed by atoms with E-state index in [1.54, 1.807) is 14.2 Å². The summed E-state index contributed by atoms with van der Waals surface area (Å²) in [6.07, 6.45) is 0.533. The van der Waals surface area contributed by atoms with Crippen molar-refractivity contribution in [3.63, 3.8) is 0 Å². The Hall–Kier alpha value is -2.49. The van der Waals surface area contributed by atoms with Gasteiger partial charge in [0.05, 0.1) is 19.7 Å². The van der Waals surface area contributed by atoms with Crippen LogP contribution in [0.4, 0.5) is 0 Å². The third-order valence-electron chi connectivity index (χ3n) is 4.24. The zero-order valence-corrected chi connectivity index (χ0v) is 12.0. The molecule has 0 N–H and O–H groups in total. The van der Waals surface area contributed by atoms with Crippen LogP contribution in [0, 0.1) is 0 Å². The maximum atomic E-state index is 12.2. The van der Waals surface area contributed by atoms with Gasteiger partial charge < -0.3 is 14.0 Å².